The number of benzene rings is 3. The molecule has 37 heavy (non-hydrogen) atoms. The Morgan fingerprint density at radius 2 is 1.81 bits per heavy atom. The lowest BCUT2D eigenvalue weighted by atomic mass is 9.95. The number of terminal acetylenes is 1. The van der Waals surface area contributed by atoms with Crippen molar-refractivity contribution in [1.29, 1.82) is 0 Å². The summed E-state index contributed by atoms with van der Waals surface area (Å²) in [5, 5.41) is 5.85. The van der Waals surface area contributed by atoms with Crippen LogP contribution in [0.1, 0.15) is 36.6 Å². The zero-order chi connectivity index (χ0) is 25.7. The van der Waals surface area contributed by atoms with Gasteiger partial charge in [-0.3, -0.25) is 4.57 Å². The van der Waals surface area contributed by atoms with Crippen LogP contribution in [0.25, 0.3) is 39.1 Å². The molecular weight excluding hydrogens is 460 g/mol. The molecule has 6 nitrogen and oxygen atoms in total. The van der Waals surface area contributed by atoms with Crippen LogP contribution in [0.15, 0.2) is 71.5 Å². The topological polar surface area (TPSA) is 61.9 Å². The molecule has 0 N–H and O–H groups in total. The quantitative estimate of drug-likeness (QED) is 0.292. The Balaban J connectivity index is 1.63. The SMILES string of the molecule is C#CCOc1cc2c3c(c1)c(-c1ccc(C(C)C)cc1)nc(=O)n3Cc1c-2nn(-c2ccccc2)c1C. The summed E-state index contributed by atoms with van der Waals surface area (Å²) in [7, 11) is 0. The predicted molar refractivity (Wildman–Crippen MR) is 146 cm³/mol. The average molecular weight is 487 g/mol. The van der Waals surface area contributed by atoms with E-state index in [4.69, 9.17) is 16.3 Å². The number of nitrogens with zero attached hydrogens (tertiary/aromatic N) is 4. The van der Waals surface area contributed by atoms with E-state index in [9.17, 15) is 4.79 Å². The highest BCUT2D eigenvalue weighted by Gasteiger charge is 2.28. The fourth-order valence-electron chi connectivity index (χ4n) is 5.09. The van der Waals surface area contributed by atoms with E-state index in [-0.39, 0.29) is 12.3 Å². The van der Waals surface area contributed by atoms with Gasteiger partial charge in [0.1, 0.15) is 18.1 Å². The molecule has 6 heteroatoms. The number of fused-ring (bicyclic) bond motifs is 2. The Hall–Kier alpha value is -4.63. The second-order valence-corrected chi connectivity index (χ2v) is 9.63. The number of hydrogen-bond donors (Lipinski definition) is 0. The minimum atomic E-state index is -0.286. The van der Waals surface area contributed by atoms with Crippen LogP contribution in [-0.2, 0) is 6.54 Å². The molecule has 0 radical (unpaired) electrons. The highest BCUT2D eigenvalue weighted by Crippen LogP contribution is 2.41. The maximum atomic E-state index is 13.4. The summed E-state index contributed by atoms with van der Waals surface area (Å²) in [4.78, 5) is 18.0. The van der Waals surface area contributed by atoms with Crippen LogP contribution >= 0.6 is 0 Å². The van der Waals surface area contributed by atoms with Crippen LogP contribution in [0, 0.1) is 19.3 Å². The smallest absolute Gasteiger partial charge is 0.348 e. The van der Waals surface area contributed by atoms with Gasteiger partial charge in [-0.2, -0.15) is 10.1 Å². The summed E-state index contributed by atoms with van der Waals surface area (Å²) < 4.78 is 9.57. The van der Waals surface area contributed by atoms with Gasteiger partial charge in [0.05, 0.1) is 23.4 Å². The molecule has 0 aliphatic carbocycles. The molecule has 0 saturated heterocycles. The monoisotopic (exact) mass is 486 g/mol. The molecule has 0 atom stereocenters. The molecule has 0 spiro atoms. The van der Waals surface area contributed by atoms with Crippen molar-refractivity contribution in [2.24, 2.45) is 0 Å². The highest BCUT2D eigenvalue weighted by molar-refractivity contribution is 6.03. The van der Waals surface area contributed by atoms with E-state index in [2.05, 4.69) is 36.9 Å². The third kappa shape index (κ3) is 3.71. The predicted octanol–water partition coefficient (Wildman–Crippen LogP) is 5.72. The lowest BCUT2D eigenvalue weighted by molar-refractivity contribution is 0.371. The van der Waals surface area contributed by atoms with Crippen LogP contribution in [0.5, 0.6) is 5.75 Å². The molecule has 0 fully saturated rings. The third-order valence-electron chi connectivity index (χ3n) is 7.03. The van der Waals surface area contributed by atoms with Crippen LogP contribution in [0.3, 0.4) is 0 Å². The van der Waals surface area contributed by atoms with E-state index in [0.29, 0.717) is 23.9 Å². The van der Waals surface area contributed by atoms with Crippen molar-refractivity contribution >= 4 is 10.9 Å². The van der Waals surface area contributed by atoms with E-state index in [1.807, 2.05) is 66.2 Å². The first kappa shape index (κ1) is 22.8. The minimum Gasteiger partial charge on any atom is -0.481 e. The first-order valence-corrected chi connectivity index (χ1v) is 12.4. The Morgan fingerprint density at radius 1 is 1.05 bits per heavy atom. The molecule has 3 heterocycles. The largest absolute Gasteiger partial charge is 0.481 e. The summed E-state index contributed by atoms with van der Waals surface area (Å²) >= 11 is 0. The molecule has 0 amide bonds. The van der Waals surface area contributed by atoms with Crippen LogP contribution in [0.2, 0.25) is 0 Å². The number of rotatable bonds is 5. The molecule has 3 aromatic carbocycles. The molecular formula is C31H26N4O2. The molecule has 2 aromatic heterocycles. The molecule has 0 unspecified atom stereocenters. The fourth-order valence-corrected chi connectivity index (χ4v) is 5.09. The summed E-state index contributed by atoms with van der Waals surface area (Å²) in [5.74, 6) is 3.57. The van der Waals surface area contributed by atoms with E-state index in [0.717, 1.165) is 44.7 Å². The van der Waals surface area contributed by atoms with Gasteiger partial charge in [-0.15, -0.1) is 6.42 Å². The maximum absolute atomic E-state index is 13.4. The maximum Gasteiger partial charge on any atom is 0.348 e. The lowest BCUT2D eigenvalue weighted by Gasteiger charge is -2.21. The van der Waals surface area contributed by atoms with Crippen molar-refractivity contribution in [2.75, 3.05) is 6.61 Å². The molecule has 182 valence electrons. The van der Waals surface area contributed by atoms with Gasteiger partial charge in [-0.05, 0) is 42.7 Å². The van der Waals surface area contributed by atoms with Crippen LogP contribution in [0.4, 0.5) is 0 Å². The van der Waals surface area contributed by atoms with Crippen molar-refractivity contribution in [3.8, 4) is 46.3 Å². The summed E-state index contributed by atoms with van der Waals surface area (Å²) in [6.45, 7) is 6.89. The molecule has 0 bridgehead atoms. The number of para-hydroxylation sites is 1. The summed E-state index contributed by atoms with van der Waals surface area (Å²) in [6, 6.07) is 22.1. The van der Waals surface area contributed by atoms with Gasteiger partial charge >= 0.3 is 5.69 Å². The second-order valence-electron chi connectivity index (χ2n) is 9.63. The van der Waals surface area contributed by atoms with Gasteiger partial charge in [-0.1, -0.05) is 62.2 Å². The Labute approximate surface area is 215 Å². The summed E-state index contributed by atoms with van der Waals surface area (Å²) in [5.41, 5.74) is 7.87. The highest BCUT2D eigenvalue weighted by atomic mass is 16.5. The summed E-state index contributed by atoms with van der Waals surface area (Å²) in [6.07, 6.45) is 5.49. The Morgan fingerprint density at radius 3 is 2.51 bits per heavy atom. The number of ether oxygens (including phenoxy) is 1. The van der Waals surface area contributed by atoms with Crippen molar-refractivity contribution in [3.05, 3.63) is 94.0 Å². The first-order chi connectivity index (χ1) is 18.0. The van der Waals surface area contributed by atoms with Gasteiger partial charge in [-0.25, -0.2) is 9.48 Å². The second kappa shape index (κ2) is 8.79. The Bertz CT molecular complexity index is 1750. The molecule has 1 aliphatic heterocycles. The molecule has 5 aromatic rings. The Kier molecular flexibility index (Phi) is 5.42. The zero-order valence-electron chi connectivity index (χ0n) is 21.0. The number of hydrogen-bond acceptors (Lipinski definition) is 4. The van der Waals surface area contributed by atoms with Crippen molar-refractivity contribution < 1.29 is 4.74 Å². The third-order valence-corrected chi connectivity index (χ3v) is 7.03. The number of aromatic nitrogens is 4. The normalized spacial score (nSPS) is 12.0. The minimum absolute atomic E-state index is 0.140. The van der Waals surface area contributed by atoms with Crippen LogP contribution < -0.4 is 10.4 Å². The first-order valence-electron chi connectivity index (χ1n) is 12.4. The van der Waals surface area contributed by atoms with Gasteiger partial charge in [0.25, 0.3) is 0 Å². The van der Waals surface area contributed by atoms with E-state index in [1.54, 1.807) is 4.57 Å². The van der Waals surface area contributed by atoms with Crippen molar-refractivity contribution in [1.82, 2.24) is 19.3 Å². The van der Waals surface area contributed by atoms with Gasteiger partial charge in [0.15, 0.2) is 0 Å². The molecule has 1 aliphatic rings. The van der Waals surface area contributed by atoms with E-state index in [1.165, 1.54) is 5.56 Å². The molecule has 6 rings (SSSR count). The standard InChI is InChI=1S/C31H26N4O2/c1-5-15-37-24-16-25-28(22-13-11-21(12-14-22)19(2)3)32-31(36)34-18-27-20(4)35(23-9-7-6-8-10-23)33-29(27)26(17-24)30(25)34/h1,6-14,16-17,19H,15,18H2,2-4H3. The molecule has 0 saturated carbocycles. The van der Waals surface area contributed by atoms with E-state index >= 15 is 0 Å². The lowest BCUT2D eigenvalue weighted by Crippen LogP contribution is -2.27. The fraction of sp³-hybridized carbons (Fsp3) is 0.194. The van der Waals surface area contributed by atoms with Crippen molar-refractivity contribution in [3.63, 3.8) is 0 Å². The van der Waals surface area contributed by atoms with Gasteiger partial charge in [0, 0.05) is 27.8 Å². The van der Waals surface area contributed by atoms with E-state index < -0.39 is 0 Å². The van der Waals surface area contributed by atoms with Crippen LogP contribution in [-0.4, -0.2) is 25.9 Å². The average Bonchev–Trinajstić information content (AvgIpc) is 3.26. The van der Waals surface area contributed by atoms with Gasteiger partial charge in [0.2, 0.25) is 0 Å². The zero-order valence-corrected chi connectivity index (χ0v) is 21.0. The van der Waals surface area contributed by atoms with Gasteiger partial charge < -0.3 is 4.74 Å². The van der Waals surface area contributed by atoms with Crippen molar-refractivity contribution in [2.45, 2.75) is 33.2 Å².